The first kappa shape index (κ1) is 19.3. The number of benzene rings is 1. The Balaban J connectivity index is 1.80. The zero-order chi connectivity index (χ0) is 19.6. The molecule has 1 aromatic carbocycles. The van der Waals surface area contributed by atoms with Crippen LogP contribution in [-0.2, 0) is 21.4 Å². The highest BCUT2D eigenvalue weighted by atomic mass is 32.2. The van der Waals surface area contributed by atoms with E-state index in [1.54, 1.807) is 6.07 Å². The molecule has 0 spiro atoms. The molecule has 1 fully saturated rings. The van der Waals surface area contributed by atoms with E-state index in [1.807, 2.05) is 26.0 Å². The van der Waals surface area contributed by atoms with Crippen LogP contribution >= 0.6 is 0 Å². The van der Waals surface area contributed by atoms with Crippen molar-refractivity contribution >= 4 is 21.6 Å². The molecule has 144 valence electrons. The van der Waals surface area contributed by atoms with Gasteiger partial charge in [-0.25, -0.2) is 8.42 Å². The number of aryl methyl sites for hydroxylation is 2. The van der Waals surface area contributed by atoms with Gasteiger partial charge in [-0.2, -0.15) is 4.31 Å². The highest BCUT2D eigenvalue weighted by molar-refractivity contribution is 7.89. The molecule has 2 aromatic rings. The number of sulfonamides is 1. The topological polar surface area (TPSA) is 88.5 Å². The SMILES string of the molecule is Cc1ccc(NC(=O)Cn2cc(S(=O)(=O)N3CCCC3)ccc2=O)c(C)c1. The van der Waals surface area contributed by atoms with E-state index in [4.69, 9.17) is 0 Å². The molecular formula is C19H23N3O4S. The van der Waals surface area contributed by atoms with Crippen molar-refractivity contribution in [2.75, 3.05) is 18.4 Å². The van der Waals surface area contributed by atoms with Crippen molar-refractivity contribution in [3.8, 4) is 0 Å². The monoisotopic (exact) mass is 389 g/mol. The molecule has 0 radical (unpaired) electrons. The first-order valence-corrected chi connectivity index (χ1v) is 10.3. The second-order valence-electron chi connectivity index (χ2n) is 6.81. The molecule has 0 unspecified atom stereocenters. The number of carbonyl (C=O) groups is 1. The number of aromatic nitrogens is 1. The van der Waals surface area contributed by atoms with Gasteiger partial charge in [-0.15, -0.1) is 0 Å². The summed E-state index contributed by atoms with van der Waals surface area (Å²) in [4.78, 5) is 24.5. The lowest BCUT2D eigenvalue weighted by Gasteiger charge is -2.16. The Morgan fingerprint density at radius 3 is 2.48 bits per heavy atom. The van der Waals surface area contributed by atoms with Crippen molar-refractivity contribution in [2.45, 2.75) is 38.1 Å². The van der Waals surface area contributed by atoms with Crippen LogP contribution in [0.4, 0.5) is 5.69 Å². The maximum atomic E-state index is 12.7. The number of carbonyl (C=O) groups excluding carboxylic acids is 1. The highest BCUT2D eigenvalue weighted by Gasteiger charge is 2.27. The first-order valence-electron chi connectivity index (χ1n) is 8.85. The minimum absolute atomic E-state index is 0.0308. The summed E-state index contributed by atoms with van der Waals surface area (Å²) < 4.78 is 27.9. The van der Waals surface area contributed by atoms with Gasteiger partial charge in [0.15, 0.2) is 0 Å². The summed E-state index contributed by atoms with van der Waals surface area (Å²) in [6, 6.07) is 8.13. The number of nitrogens with zero attached hydrogens (tertiary/aromatic N) is 2. The van der Waals surface area contributed by atoms with Gasteiger partial charge in [0.1, 0.15) is 6.54 Å². The smallest absolute Gasteiger partial charge is 0.251 e. The number of anilines is 1. The molecule has 8 heteroatoms. The van der Waals surface area contributed by atoms with Crippen LogP contribution in [0.25, 0.3) is 0 Å². The molecule has 1 N–H and O–H groups in total. The van der Waals surface area contributed by atoms with Gasteiger partial charge in [-0.05, 0) is 44.4 Å². The van der Waals surface area contributed by atoms with Crippen molar-refractivity contribution < 1.29 is 13.2 Å². The summed E-state index contributed by atoms with van der Waals surface area (Å²) in [5.74, 6) is -0.389. The molecule has 1 amide bonds. The van der Waals surface area contributed by atoms with Gasteiger partial charge in [-0.1, -0.05) is 17.7 Å². The lowest BCUT2D eigenvalue weighted by atomic mass is 10.1. The molecule has 0 atom stereocenters. The second kappa shape index (κ2) is 7.66. The molecule has 27 heavy (non-hydrogen) atoms. The average Bonchev–Trinajstić information content (AvgIpc) is 3.15. The Hall–Kier alpha value is -2.45. The van der Waals surface area contributed by atoms with Crippen molar-refractivity contribution in [1.29, 1.82) is 0 Å². The normalized spacial score (nSPS) is 15.0. The Morgan fingerprint density at radius 2 is 1.81 bits per heavy atom. The Morgan fingerprint density at radius 1 is 1.11 bits per heavy atom. The van der Waals surface area contributed by atoms with Crippen LogP contribution in [0.1, 0.15) is 24.0 Å². The van der Waals surface area contributed by atoms with E-state index in [9.17, 15) is 18.0 Å². The second-order valence-corrected chi connectivity index (χ2v) is 8.75. The molecule has 0 saturated carbocycles. The Labute approximate surface area is 158 Å². The maximum absolute atomic E-state index is 12.7. The lowest BCUT2D eigenvalue weighted by molar-refractivity contribution is -0.116. The lowest BCUT2D eigenvalue weighted by Crippen LogP contribution is -2.31. The third-order valence-corrected chi connectivity index (χ3v) is 6.51. The summed E-state index contributed by atoms with van der Waals surface area (Å²) >= 11 is 0. The van der Waals surface area contributed by atoms with E-state index in [1.165, 1.54) is 22.6 Å². The van der Waals surface area contributed by atoms with E-state index in [2.05, 4.69) is 5.32 Å². The fraction of sp³-hybridized carbons (Fsp3) is 0.368. The molecule has 0 bridgehead atoms. The molecule has 1 saturated heterocycles. The van der Waals surface area contributed by atoms with Crippen LogP contribution in [0, 0.1) is 13.8 Å². The van der Waals surface area contributed by atoms with E-state index in [0.717, 1.165) is 28.5 Å². The van der Waals surface area contributed by atoms with Crippen LogP contribution in [-0.4, -0.2) is 36.3 Å². The predicted molar refractivity (Wildman–Crippen MR) is 103 cm³/mol. The van der Waals surface area contributed by atoms with Crippen LogP contribution in [0.2, 0.25) is 0 Å². The number of pyridine rings is 1. The Kier molecular flexibility index (Phi) is 5.48. The van der Waals surface area contributed by atoms with Gasteiger partial charge >= 0.3 is 0 Å². The third-order valence-electron chi connectivity index (χ3n) is 4.63. The van der Waals surface area contributed by atoms with Gasteiger partial charge in [-0.3, -0.25) is 9.59 Å². The fourth-order valence-electron chi connectivity index (χ4n) is 3.16. The molecule has 3 rings (SSSR count). The van der Waals surface area contributed by atoms with Gasteiger partial charge in [0, 0.05) is 31.0 Å². The van der Waals surface area contributed by atoms with Gasteiger partial charge in [0.25, 0.3) is 5.56 Å². The number of hydrogen-bond donors (Lipinski definition) is 1. The minimum atomic E-state index is -3.64. The van der Waals surface area contributed by atoms with Crippen molar-refractivity contribution in [3.63, 3.8) is 0 Å². The Bertz CT molecular complexity index is 1020. The molecular weight excluding hydrogens is 366 g/mol. The van der Waals surface area contributed by atoms with E-state index in [-0.39, 0.29) is 17.3 Å². The predicted octanol–water partition coefficient (Wildman–Crippen LogP) is 1.89. The van der Waals surface area contributed by atoms with Crippen molar-refractivity contribution in [2.24, 2.45) is 0 Å². The third kappa shape index (κ3) is 4.28. The fourth-order valence-corrected chi connectivity index (χ4v) is 4.70. The quantitative estimate of drug-likeness (QED) is 0.846. The molecule has 7 nitrogen and oxygen atoms in total. The number of nitrogens with one attached hydrogen (secondary N) is 1. The highest BCUT2D eigenvalue weighted by Crippen LogP contribution is 2.20. The molecule has 1 aromatic heterocycles. The summed E-state index contributed by atoms with van der Waals surface area (Å²) in [5, 5.41) is 2.77. The van der Waals surface area contributed by atoms with Crippen LogP contribution in [0.3, 0.4) is 0 Å². The van der Waals surface area contributed by atoms with Gasteiger partial charge in [0.05, 0.1) is 4.90 Å². The van der Waals surface area contributed by atoms with Crippen molar-refractivity contribution in [3.05, 3.63) is 58.0 Å². The molecule has 0 aliphatic carbocycles. The summed E-state index contributed by atoms with van der Waals surface area (Å²) in [5.41, 5.74) is 2.24. The summed E-state index contributed by atoms with van der Waals surface area (Å²) in [6.07, 6.45) is 2.91. The average molecular weight is 389 g/mol. The zero-order valence-corrected chi connectivity index (χ0v) is 16.3. The summed E-state index contributed by atoms with van der Waals surface area (Å²) in [7, 11) is -3.64. The zero-order valence-electron chi connectivity index (χ0n) is 15.4. The number of amides is 1. The standard InChI is InChI=1S/C19H23N3O4S/c1-14-5-7-17(15(2)11-14)20-18(23)13-21-12-16(6-8-19(21)24)27(25,26)22-9-3-4-10-22/h5-8,11-12H,3-4,9-10,13H2,1-2H3,(H,20,23). The molecule has 1 aliphatic rings. The minimum Gasteiger partial charge on any atom is -0.324 e. The summed E-state index contributed by atoms with van der Waals surface area (Å²) in [6.45, 7) is 4.56. The number of hydrogen-bond acceptors (Lipinski definition) is 4. The van der Waals surface area contributed by atoms with Gasteiger partial charge < -0.3 is 9.88 Å². The van der Waals surface area contributed by atoms with E-state index >= 15 is 0 Å². The van der Waals surface area contributed by atoms with E-state index < -0.39 is 15.6 Å². The first-order chi connectivity index (χ1) is 12.8. The van der Waals surface area contributed by atoms with Crippen LogP contribution < -0.4 is 10.9 Å². The van der Waals surface area contributed by atoms with Crippen LogP contribution in [0.15, 0.2) is 46.2 Å². The largest absolute Gasteiger partial charge is 0.324 e. The maximum Gasteiger partial charge on any atom is 0.251 e. The number of rotatable bonds is 5. The van der Waals surface area contributed by atoms with E-state index in [0.29, 0.717) is 18.8 Å². The van der Waals surface area contributed by atoms with Gasteiger partial charge in [0.2, 0.25) is 15.9 Å². The van der Waals surface area contributed by atoms with Crippen LogP contribution in [0.5, 0.6) is 0 Å². The molecule has 1 aliphatic heterocycles. The molecule has 2 heterocycles. The van der Waals surface area contributed by atoms with Crippen molar-refractivity contribution in [1.82, 2.24) is 8.87 Å².